The van der Waals surface area contributed by atoms with E-state index in [2.05, 4.69) is 27.3 Å². The quantitative estimate of drug-likeness (QED) is 0.810. The summed E-state index contributed by atoms with van der Waals surface area (Å²) in [6, 6.07) is 9.94. The van der Waals surface area contributed by atoms with E-state index < -0.39 is 0 Å². The average molecular weight is 396 g/mol. The zero-order valence-corrected chi connectivity index (χ0v) is 16.8. The molecule has 7 nitrogen and oxygen atoms in total. The van der Waals surface area contributed by atoms with Crippen molar-refractivity contribution in [1.29, 1.82) is 0 Å². The summed E-state index contributed by atoms with van der Waals surface area (Å²) >= 11 is 0. The molecule has 0 saturated carbocycles. The molecule has 2 aliphatic heterocycles. The SMILES string of the molecule is COc1ccc(N2CCN(C(=O)c3cncc(NCC4CCCO4)c3)CC2)cc1. The second kappa shape index (κ2) is 9.13. The molecule has 2 fully saturated rings. The topological polar surface area (TPSA) is 66.9 Å². The Kier molecular flexibility index (Phi) is 6.14. The van der Waals surface area contributed by atoms with Crippen molar-refractivity contribution >= 4 is 17.3 Å². The summed E-state index contributed by atoms with van der Waals surface area (Å²) in [6.45, 7) is 4.59. The molecule has 7 heteroatoms. The van der Waals surface area contributed by atoms with E-state index in [9.17, 15) is 4.79 Å². The van der Waals surface area contributed by atoms with Crippen molar-refractivity contribution in [3.05, 3.63) is 48.3 Å². The van der Waals surface area contributed by atoms with Gasteiger partial charge < -0.3 is 24.6 Å². The number of benzene rings is 1. The number of carbonyl (C=O) groups excluding carboxylic acids is 1. The maximum absolute atomic E-state index is 12.9. The van der Waals surface area contributed by atoms with E-state index in [1.54, 1.807) is 19.5 Å². The van der Waals surface area contributed by atoms with Gasteiger partial charge in [0.1, 0.15) is 5.75 Å². The highest BCUT2D eigenvalue weighted by Gasteiger charge is 2.23. The molecule has 0 aliphatic carbocycles. The molecule has 2 aliphatic rings. The van der Waals surface area contributed by atoms with Gasteiger partial charge in [-0.3, -0.25) is 9.78 Å². The van der Waals surface area contributed by atoms with Gasteiger partial charge >= 0.3 is 0 Å². The molecule has 4 rings (SSSR count). The fourth-order valence-electron chi connectivity index (χ4n) is 3.83. The number of hydrogen-bond acceptors (Lipinski definition) is 6. The first kappa shape index (κ1) is 19.5. The first-order valence-corrected chi connectivity index (χ1v) is 10.2. The zero-order valence-electron chi connectivity index (χ0n) is 16.8. The van der Waals surface area contributed by atoms with Crippen LogP contribution >= 0.6 is 0 Å². The van der Waals surface area contributed by atoms with E-state index in [0.717, 1.165) is 56.2 Å². The Morgan fingerprint density at radius 2 is 2.00 bits per heavy atom. The number of anilines is 2. The molecule has 2 saturated heterocycles. The number of hydrogen-bond donors (Lipinski definition) is 1. The minimum atomic E-state index is 0.0349. The minimum Gasteiger partial charge on any atom is -0.497 e. The molecule has 0 bridgehead atoms. The lowest BCUT2D eigenvalue weighted by atomic mass is 10.2. The van der Waals surface area contributed by atoms with E-state index in [4.69, 9.17) is 9.47 Å². The molecular formula is C22H28N4O3. The summed E-state index contributed by atoms with van der Waals surface area (Å²) in [6.07, 6.45) is 5.85. The minimum absolute atomic E-state index is 0.0349. The lowest BCUT2D eigenvalue weighted by Crippen LogP contribution is -2.48. The van der Waals surface area contributed by atoms with Crippen LogP contribution < -0.4 is 15.0 Å². The van der Waals surface area contributed by atoms with Crippen molar-refractivity contribution in [2.24, 2.45) is 0 Å². The second-order valence-electron chi connectivity index (χ2n) is 7.46. The van der Waals surface area contributed by atoms with Crippen LogP contribution in [-0.2, 0) is 4.74 Å². The monoisotopic (exact) mass is 396 g/mol. The number of carbonyl (C=O) groups is 1. The Hall–Kier alpha value is -2.80. The third kappa shape index (κ3) is 4.79. The molecule has 154 valence electrons. The van der Waals surface area contributed by atoms with E-state index >= 15 is 0 Å². The number of pyridine rings is 1. The molecule has 1 aromatic carbocycles. The van der Waals surface area contributed by atoms with Gasteiger partial charge in [0.2, 0.25) is 0 Å². The van der Waals surface area contributed by atoms with E-state index in [1.807, 2.05) is 23.1 Å². The van der Waals surface area contributed by atoms with E-state index in [1.165, 1.54) is 0 Å². The molecule has 29 heavy (non-hydrogen) atoms. The lowest BCUT2D eigenvalue weighted by Gasteiger charge is -2.36. The summed E-state index contributed by atoms with van der Waals surface area (Å²) in [5.74, 6) is 0.885. The highest BCUT2D eigenvalue weighted by molar-refractivity contribution is 5.95. The number of ether oxygens (including phenoxy) is 2. The maximum Gasteiger partial charge on any atom is 0.255 e. The van der Waals surface area contributed by atoms with Gasteiger partial charge in [0.05, 0.1) is 24.5 Å². The maximum atomic E-state index is 12.9. The molecule has 1 N–H and O–H groups in total. The number of nitrogens with zero attached hydrogens (tertiary/aromatic N) is 3. The molecule has 1 amide bonds. The van der Waals surface area contributed by atoms with Gasteiger partial charge in [-0.05, 0) is 43.2 Å². The summed E-state index contributed by atoms with van der Waals surface area (Å²) in [5, 5.41) is 3.35. The largest absolute Gasteiger partial charge is 0.497 e. The summed E-state index contributed by atoms with van der Waals surface area (Å²) in [5.41, 5.74) is 2.64. The third-order valence-electron chi connectivity index (χ3n) is 5.55. The van der Waals surface area contributed by atoms with Crippen LogP contribution in [0.1, 0.15) is 23.2 Å². The smallest absolute Gasteiger partial charge is 0.255 e. The number of aromatic nitrogens is 1. The highest BCUT2D eigenvalue weighted by Crippen LogP contribution is 2.21. The summed E-state index contributed by atoms with van der Waals surface area (Å²) in [7, 11) is 1.67. The van der Waals surface area contributed by atoms with Crippen LogP contribution in [0.4, 0.5) is 11.4 Å². The van der Waals surface area contributed by atoms with Crippen molar-refractivity contribution in [2.75, 3.05) is 56.7 Å². The number of piperazine rings is 1. The number of methoxy groups -OCH3 is 1. The number of rotatable bonds is 6. The van der Waals surface area contributed by atoms with Crippen molar-refractivity contribution in [1.82, 2.24) is 9.88 Å². The van der Waals surface area contributed by atoms with E-state index in [0.29, 0.717) is 18.7 Å². The van der Waals surface area contributed by atoms with Crippen LogP contribution in [0.2, 0.25) is 0 Å². The summed E-state index contributed by atoms with van der Waals surface area (Å²) < 4.78 is 10.9. The number of amides is 1. The van der Waals surface area contributed by atoms with Gasteiger partial charge in [-0.25, -0.2) is 0 Å². The van der Waals surface area contributed by atoms with E-state index in [-0.39, 0.29) is 12.0 Å². The van der Waals surface area contributed by atoms with Crippen molar-refractivity contribution in [3.8, 4) is 5.75 Å². The van der Waals surface area contributed by atoms with Crippen LogP contribution in [0.5, 0.6) is 5.75 Å². The van der Waals surface area contributed by atoms with Crippen molar-refractivity contribution in [3.63, 3.8) is 0 Å². The standard InChI is InChI=1S/C22H28N4O3/c1-28-20-6-4-19(5-7-20)25-8-10-26(11-9-25)22(27)17-13-18(15-23-14-17)24-16-21-3-2-12-29-21/h4-7,13-15,21,24H,2-3,8-12,16H2,1H3. The molecule has 3 heterocycles. The van der Waals surface area contributed by atoms with Gasteiger partial charge in [0, 0.05) is 57.4 Å². The number of nitrogens with one attached hydrogen (secondary N) is 1. The molecule has 1 atom stereocenters. The first-order valence-electron chi connectivity index (χ1n) is 10.2. The predicted molar refractivity (Wildman–Crippen MR) is 113 cm³/mol. The average Bonchev–Trinajstić information content (AvgIpc) is 3.31. The Morgan fingerprint density at radius 1 is 1.21 bits per heavy atom. The highest BCUT2D eigenvalue weighted by atomic mass is 16.5. The Balaban J connectivity index is 1.32. The molecule has 0 spiro atoms. The fourth-order valence-corrected chi connectivity index (χ4v) is 3.83. The second-order valence-corrected chi connectivity index (χ2v) is 7.46. The Morgan fingerprint density at radius 3 is 2.69 bits per heavy atom. The molecular weight excluding hydrogens is 368 g/mol. The lowest BCUT2D eigenvalue weighted by molar-refractivity contribution is 0.0746. The fraction of sp³-hybridized carbons (Fsp3) is 0.455. The van der Waals surface area contributed by atoms with Gasteiger partial charge in [-0.15, -0.1) is 0 Å². The first-order chi connectivity index (χ1) is 14.2. The Labute approximate surface area is 171 Å². The van der Waals surface area contributed by atoms with Crippen LogP contribution in [-0.4, -0.2) is 68.3 Å². The Bertz CT molecular complexity index is 813. The van der Waals surface area contributed by atoms with Gasteiger partial charge in [-0.1, -0.05) is 0 Å². The van der Waals surface area contributed by atoms with Crippen LogP contribution in [0.3, 0.4) is 0 Å². The molecule has 0 radical (unpaired) electrons. The third-order valence-corrected chi connectivity index (χ3v) is 5.55. The van der Waals surface area contributed by atoms with Crippen molar-refractivity contribution in [2.45, 2.75) is 18.9 Å². The summed E-state index contributed by atoms with van der Waals surface area (Å²) in [4.78, 5) is 21.4. The molecule has 1 unspecified atom stereocenters. The van der Waals surface area contributed by atoms with Gasteiger partial charge in [-0.2, -0.15) is 0 Å². The predicted octanol–water partition coefficient (Wildman–Crippen LogP) is 2.64. The molecule has 2 aromatic rings. The van der Waals surface area contributed by atoms with Crippen molar-refractivity contribution < 1.29 is 14.3 Å². The van der Waals surface area contributed by atoms with Gasteiger partial charge in [0.25, 0.3) is 5.91 Å². The van der Waals surface area contributed by atoms with Crippen LogP contribution in [0.15, 0.2) is 42.7 Å². The zero-order chi connectivity index (χ0) is 20.1. The van der Waals surface area contributed by atoms with Crippen LogP contribution in [0, 0.1) is 0 Å². The van der Waals surface area contributed by atoms with Gasteiger partial charge in [0.15, 0.2) is 0 Å². The normalized spacial score (nSPS) is 19.3. The molecule has 1 aromatic heterocycles. The van der Waals surface area contributed by atoms with Crippen LogP contribution in [0.25, 0.3) is 0 Å².